The van der Waals surface area contributed by atoms with Crippen LogP contribution < -0.4 is 16.6 Å². The molecule has 1 N–H and O–H groups in total. The summed E-state index contributed by atoms with van der Waals surface area (Å²) in [5.74, 6) is -0.187. The molecule has 31 heavy (non-hydrogen) atoms. The lowest BCUT2D eigenvalue weighted by Gasteiger charge is -2.13. The molecular weight excluding hydrogens is 439 g/mol. The van der Waals surface area contributed by atoms with Gasteiger partial charge in [0, 0.05) is 16.6 Å². The number of rotatable bonds is 6. The van der Waals surface area contributed by atoms with Crippen LogP contribution >= 0.6 is 23.2 Å². The van der Waals surface area contributed by atoms with Gasteiger partial charge in [-0.15, -0.1) is 0 Å². The fourth-order valence-corrected chi connectivity index (χ4v) is 3.49. The highest BCUT2D eigenvalue weighted by Crippen LogP contribution is 2.27. The molecular formula is C22H20Cl2N4O3. The van der Waals surface area contributed by atoms with Crippen LogP contribution in [-0.2, 0) is 6.54 Å². The maximum atomic E-state index is 13.2. The number of aryl methyl sites for hydroxylation is 1. The number of nitrogens with zero attached hydrogens (tertiary/aromatic N) is 3. The van der Waals surface area contributed by atoms with Gasteiger partial charge in [-0.05, 0) is 55.0 Å². The molecule has 0 atom stereocenters. The first-order chi connectivity index (χ1) is 14.8. The van der Waals surface area contributed by atoms with Crippen molar-refractivity contribution >= 4 is 29.1 Å². The fourth-order valence-electron chi connectivity index (χ4n) is 3.12. The van der Waals surface area contributed by atoms with E-state index in [-0.39, 0.29) is 12.2 Å². The molecule has 1 aliphatic carbocycles. The standard InChI is InChI=1S/C22H20Cl2N4O3/c1-13-6-9-16(10-18(13)24)28-22(31)27(12-15-4-2-3-5-17(15)23)21(30)19(26-28)20(29)25-11-14-7-8-14/h2-6,9-10,14H,7-8,11-12H2,1H3,(H,25,29). The van der Waals surface area contributed by atoms with Gasteiger partial charge in [0.05, 0.1) is 12.2 Å². The van der Waals surface area contributed by atoms with Gasteiger partial charge in [-0.25, -0.2) is 4.79 Å². The van der Waals surface area contributed by atoms with Crippen molar-refractivity contribution in [3.05, 3.63) is 90.2 Å². The van der Waals surface area contributed by atoms with Crippen molar-refractivity contribution in [1.29, 1.82) is 0 Å². The van der Waals surface area contributed by atoms with Gasteiger partial charge >= 0.3 is 5.69 Å². The van der Waals surface area contributed by atoms with E-state index in [9.17, 15) is 14.4 Å². The van der Waals surface area contributed by atoms with Crippen molar-refractivity contribution in [2.24, 2.45) is 5.92 Å². The predicted molar refractivity (Wildman–Crippen MR) is 119 cm³/mol. The highest BCUT2D eigenvalue weighted by atomic mass is 35.5. The lowest BCUT2D eigenvalue weighted by molar-refractivity contribution is 0.0942. The Labute approximate surface area is 188 Å². The number of carbonyl (C=O) groups is 1. The van der Waals surface area contributed by atoms with Crippen molar-refractivity contribution < 1.29 is 4.79 Å². The second-order valence-corrected chi connectivity index (χ2v) is 8.43. The highest BCUT2D eigenvalue weighted by Gasteiger charge is 2.25. The summed E-state index contributed by atoms with van der Waals surface area (Å²) in [5, 5.41) is 7.70. The molecule has 1 amide bonds. The van der Waals surface area contributed by atoms with Crippen molar-refractivity contribution in [2.75, 3.05) is 6.54 Å². The summed E-state index contributed by atoms with van der Waals surface area (Å²) in [6.45, 7) is 2.21. The molecule has 9 heteroatoms. The van der Waals surface area contributed by atoms with Gasteiger partial charge in [-0.1, -0.05) is 47.5 Å². The van der Waals surface area contributed by atoms with E-state index in [2.05, 4.69) is 10.4 Å². The molecule has 7 nitrogen and oxygen atoms in total. The summed E-state index contributed by atoms with van der Waals surface area (Å²) < 4.78 is 1.99. The predicted octanol–water partition coefficient (Wildman–Crippen LogP) is 3.20. The lowest BCUT2D eigenvalue weighted by Crippen LogP contribution is -2.46. The molecule has 0 saturated heterocycles. The van der Waals surface area contributed by atoms with Crippen LogP contribution in [0.2, 0.25) is 10.0 Å². The number of hydrogen-bond donors (Lipinski definition) is 1. The van der Waals surface area contributed by atoms with Crippen LogP contribution in [0.3, 0.4) is 0 Å². The number of amides is 1. The zero-order valence-electron chi connectivity index (χ0n) is 16.8. The molecule has 0 unspecified atom stereocenters. The number of benzene rings is 2. The molecule has 160 valence electrons. The number of nitrogens with one attached hydrogen (secondary N) is 1. The van der Waals surface area contributed by atoms with E-state index in [4.69, 9.17) is 23.2 Å². The van der Waals surface area contributed by atoms with E-state index in [1.165, 1.54) is 0 Å². The van der Waals surface area contributed by atoms with E-state index in [1.54, 1.807) is 42.5 Å². The van der Waals surface area contributed by atoms with Gasteiger partial charge in [0.15, 0.2) is 0 Å². The Morgan fingerprint density at radius 1 is 1.13 bits per heavy atom. The summed E-state index contributed by atoms with van der Waals surface area (Å²) in [6, 6.07) is 11.9. The highest BCUT2D eigenvalue weighted by molar-refractivity contribution is 6.31. The maximum Gasteiger partial charge on any atom is 0.352 e. The topological polar surface area (TPSA) is 86.0 Å². The molecule has 0 bridgehead atoms. The summed E-state index contributed by atoms with van der Waals surface area (Å²) in [4.78, 5) is 39.0. The van der Waals surface area contributed by atoms with E-state index < -0.39 is 17.2 Å². The first-order valence-corrected chi connectivity index (χ1v) is 10.6. The number of aromatic nitrogens is 3. The van der Waals surface area contributed by atoms with Gasteiger partial charge in [-0.3, -0.25) is 14.2 Å². The van der Waals surface area contributed by atoms with E-state index in [0.29, 0.717) is 33.8 Å². The lowest BCUT2D eigenvalue weighted by atomic mass is 10.2. The maximum absolute atomic E-state index is 13.2. The molecule has 2 aromatic carbocycles. The average molecular weight is 459 g/mol. The third-order valence-corrected chi connectivity index (χ3v) is 5.99. The van der Waals surface area contributed by atoms with Crippen LogP contribution in [0.25, 0.3) is 5.69 Å². The van der Waals surface area contributed by atoms with Crippen molar-refractivity contribution in [1.82, 2.24) is 19.7 Å². The SMILES string of the molecule is Cc1ccc(-n2nc(C(=O)NCC3CC3)c(=O)n(Cc3ccccc3Cl)c2=O)cc1Cl. The second kappa shape index (κ2) is 8.69. The summed E-state index contributed by atoms with van der Waals surface area (Å²) >= 11 is 12.5. The van der Waals surface area contributed by atoms with Crippen molar-refractivity contribution in [3.63, 3.8) is 0 Å². The van der Waals surface area contributed by atoms with Crippen LogP contribution in [0.1, 0.15) is 34.5 Å². The largest absolute Gasteiger partial charge is 0.352 e. The van der Waals surface area contributed by atoms with Gasteiger partial charge in [0.25, 0.3) is 11.5 Å². The Kier molecular flexibility index (Phi) is 5.98. The Morgan fingerprint density at radius 3 is 2.55 bits per heavy atom. The van der Waals surface area contributed by atoms with Crippen LogP contribution in [0.4, 0.5) is 0 Å². The number of carbonyl (C=O) groups excluding carboxylic acids is 1. The number of hydrogen-bond acceptors (Lipinski definition) is 4. The minimum Gasteiger partial charge on any atom is -0.350 e. The Morgan fingerprint density at radius 2 is 1.87 bits per heavy atom. The number of halogens is 2. The van der Waals surface area contributed by atoms with Crippen LogP contribution in [0, 0.1) is 12.8 Å². The molecule has 4 rings (SSSR count). The summed E-state index contributed by atoms with van der Waals surface area (Å²) in [7, 11) is 0. The van der Waals surface area contributed by atoms with E-state index in [1.807, 2.05) is 6.92 Å². The van der Waals surface area contributed by atoms with Crippen molar-refractivity contribution in [2.45, 2.75) is 26.3 Å². The quantitative estimate of drug-likeness (QED) is 0.614. The first kappa shape index (κ1) is 21.3. The molecule has 0 radical (unpaired) electrons. The minimum atomic E-state index is -0.771. The molecule has 1 aliphatic rings. The molecule has 1 heterocycles. The molecule has 0 spiro atoms. The Bertz CT molecular complexity index is 1280. The molecule has 1 saturated carbocycles. The zero-order chi connectivity index (χ0) is 22.1. The van der Waals surface area contributed by atoms with Crippen LogP contribution in [0.15, 0.2) is 52.1 Å². The van der Waals surface area contributed by atoms with Gasteiger partial charge in [0.2, 0.25) is 5.69 Å². The molecule has 1 aromatic heterocycles. The molecule has 3 aromatic rings. The third kappa shape index (κ3) is 4.57. The van der Waals surface area contributed by atoms with Gasteiger partial charge < -0.3 is 5.32 Å². The zero-order valence-corrected chi connectivity index (χ0v) is 18.3. The van der Waals surface area contributed by atoms with Crippen LogP contribution in [0.5, 0.6) is 0 Å². The minimum absolute atomic E-state index is 0.0949. The normalized spacial score (nSPS) is 13.3. The summed E-state index contributed by atoms with van der Waals surface area (Å²) in [6.07, 6.45) is 2.09. The van der Waals surface area contributed by atoms with Gasteiger partial charge in [-0.2, -0.15) is 9.78 Å². The monoisotopic (exact) mass is 458 g/mol. The second-order valence-electron chi connectivity index (χ2n) is 7.61. The Hall–Kier alpha value is -2.90. The average Bonchev–Trinajstić information content (AvgIpc) is 3.57. The van der Waals surface area contributed by atoms with Crippen LogP contribution in [-0.4, -0.2) is 26.8 Å². The van der Waals surface area contributed by atoms with E-state index >= 15 is 0 Å². The molecule has 1 fully saturated rings. The molecule has 0 aliphatic heterocycles. The van der Waals surface area contributed by atoms with Crippen molar-refractivity contribution in [3.8, 4) is 5.69 Å². The van der Waals surface area contributed by atoms with E-state index in [0.717, 1.165) is 27.7 Å². The third-order valence-electron chi connectivity index (χ3n) is 5.21. The smallest absolute Gasteiger partial charge is 0.350 e. The first-order valence-electron chi connectivity index (χ1n) is 9.87. The fraction of sp³-hybridized carbons (Fsp3) is 0.273. The summed E-state index contributed by atoms with van der Waals surface area (Å²) in [5.41, 5.74) is -0.0670. The van der Waals surface area contributed by atoms with Gasteiger partial charge in [0.1, 0.15) is 0 Å². The Balaban J connectivity index is 1.85.